The molecular weight excluding hydrogens is 443 g/mol. The SMILES string of the molecule is CC(=O)NNC(=O)C12CC(C)CC(C1)N2C(=O)Nc1ccc(C(F)(F)F)c(-n2nccn2)c1. The number of hydrazine groups is 1. The van der Waals surface area contributed by atoms with Gasteiger partial charge in [-0.05, 0) is 37.0 Å². The number of carbonyl (C=O) groups is 3. The van der Waals surface area contributed by atoms with Crippen LogP contribution in [0.15, 0.2) is 30.6 Å². The lowest BCUT2D eigenvalue weighted by Crippen LogP contribution is -2.78. The van der Waals surface area contributed by atoms with E-state index in [4.69, 9.17) is 0 Å². The smallest absolute Gasteiger partial charge is 0.308 e. The van der Waals surface area contributed by atoms with Crippen LogP contribution in [0, 0.1) is 5.92 Å². The van der Waals surface area contributed by atoms with Crippen molar-refractivity contribution in [3.05, 3.63) is 36.2 Å². The Labute approximate surface area is 186 Å². The van der Waals surface area contributed by atoms with E-state index in [1.165, 1.54) is 24.2 Å². The highest BCUT2D eigenvalue weighted by molar-refractivity contribution is 5.99. The van der Waals surface area contributed by atoms with Crippen LogP contribution in [0.2, 0.25) is 0 Å². The van der Waals surface area contributed by atoms with E-state index < -0.39 is 35.1 Å². The van der Waals surface area contributed by atoms with E-state index in [1.54, 1.807) is 0 Å². The maximum Gasteiger partial charge on any atom is 0.418 e. The Hall–Kier alpha value is -3.64. The van der Waals surface area contributed by atoms with E-state index in [2.05, 4.69) is 26.4 Å². The Balaban J connectivity index is 1.59. The molecule has 4 amide bonds. The fraction of sp³-hybridized carbons (Fsp3) is 0.450. The Bertz CT molecular complexity index is 1090. The minimum absolute atomic E-state index is 0.0933. The molecular formula is C20H22F3N7O3. The second-order valence-electron chi connectivity index (χ2n) is 8.42. The van der Waals surface area contributed by atoms with Crippen molar-refractivity contribution < 1.29 is 27.6 Å². The minimum Gasteiger partial charge on any atom is -0.308 e. The van der Waals surface area contributed by atoms with Crippen LogP contribution in [0.3, 0.4) is 0 Å². The molecule has 1 aromatic carbocycles. The molecule has 1 saturated carbocycles. The highest BCUT2D eigenvalue weighted by atomic mass is 19.4. The number of amides is 4. The summed E-state index contributed by atoms with van der Waals surface area (Å²) < 4.78 is 40.3. The van der Waals surface area contributed by atoms with Crippen molar-refractivity contribution in [2.75, 3.05) is 5.32 Å². The number of nitrogens with zero attached hydrogens (tertiary/aromatic N) is 4. The van der Waals surface area contributed by atoms with E-state index in [0.29, 0.717) is 19.3 Å². The number of fused-ring (bicyclic) bond motifs is 2. The maximum atomic E-state index is 13.4. The van der Waals surface area contributed by atoms with Gasteiger partial charge in [0, 0.05) is 25.1 Å². The molecule has 1 saturated heterocycles. The predicted molar refractivity (Wildman–Crippen MR) is 109 cm³/mol. The predicted octanol–water partition coefficient (Wildman–Crippen LogP) is 2.23. The number of aromatic nitrogens is 3. The molecule has 176 valence electrons. The molecule has 3 unspecified atom stereocenters. The van der Waals surface area contributed by atoms with Gasteiger partial charge in [-0.2, -0.15) is 28.2 Å². The number of benzene rings is 1. The molecule has 0 spiro atoms. The summed E-state index contributed by atoms with van der Waals surface area (Å²) in [6, 6.07) is 2.29. The van der Waals surface area contributed by atoms with Gasteiger partial charge in [0.1, 0.15) is 5.54 Å². The van der Waals surface area contributed by atoms with Crippen molar-refractivity contribution in [2.24, 2.45) is 5.92 Å². The van der Waals surface area contributed by atoms with Crippen molar-refractivity contribution in [3.8, 4) is 5.69 Å². The minimum atomic E-state index is -4.65. The molecule has 3 N–H and O–H groups in total. The van der Waals surface area contributed by atoms with Gasteiger partial charge in [0.2, 0.25) is 5.91 Å². The molecule has 10 nitrogen and oxygen atoms in total. The van der Waals surface area contributed by atoms with Crippen LogP contribution < -0.4 is 16.2 Å². The topological polar surface area (TPSA) is 121 Å². The first-order valence-corrected chi connectivity index (χ1v) is 10.3. The van der Waals surface area contributed by atoms with Crippen LogP contribution in [0.1, 0.15) is 38.7 Å². The molecule has 2 aromatic rings. The summed E-state index contributed by atoms with van der Waals surface area (Å²) in [5, 5.41) is 10.1. The summed E-state index contributed by atoms with van der Waals surface area (Å²) in [4.78, 5) is 39.4. The molecule has 1 aromatic heterocycles. The van der Waals surface area contributed by atoms with Gasteiger partial charge in [-0.1, -0.05) is 6.92 Å². The van der Waals surface area contributed by atoms with Gasteiger partial charge in [-0.3, -0.25) is 20.4 Å². The Morgan fingerprint density at radius 2 is 1.82 bits per heavy atom. The largest absolute Gasteiger partial charge is 0.418 e. The van der Waals surface area contributed by atoms with Gasteiger partial charge in [-0.25, -0.2) is 4.79 Å². The first kappa shape index (κ1) is 22.6. The molecule has 2 aliphatic rings. The summed E-state index contributed by atoms with van der Waals surface area (Å²) in [5.74, 6) is -0.788. The number of hydrogen-bond donors (Lipinski definition) is 3. The molecule has 0 radical (unpaired) electrons. The fourth-order valence-electron chi connectivity index (χ4n) is 4.77. The number of urea groups is 1. The number of piperidine rings is 1. The number of nitrogens with one attached hydrogen (secondary N) is 3. The van der Waals surface area contributed by atoms with E-state index in [9.17, 15) is 27.6 Å². The molecule has 1 aliphatic carbocycles. The third-order valence-corrected chi connectivity index (χ3v) is 5.94. The zero-order valence-corrected chi connectivity index (χ0v) is 17.8. The van der Waals surface area contributed by atoms with E-state index in [0.717, 1.165) is 23.0 Å². The number of hydrogen-bond acceptors (Lipinski definition) is 5. The van der Waals surface area contributed by atoms with Crippen molar-refractivity contribution in [3.63, 3.8) is 0 Å². The number of halogens is 3. The standard InChI is InChI=1S/C20H22F3N7O3/c1-11-7-14-10-19(9-11,17(32)28-27-12(2)31)29(14)18(33)26-13-3-4-15(20(21,22)23)16(8-13)30-24-5-6-25-30/h3-6,8,11,14H,7,9-10H2,1-2H3,(H,26,33)(H,27,31)(H,28,32). The van der Waals surface area contributed by atoms with Gasteiger partial charge in [0.05, 0.1) is 23.6 Å². The highest BCUT2D eigenvalue weighted by Gasteiger charge is 2.62. The number of alkyl halides is 3. The summed E-state index contributed by atoms with van der Waals surface area (Å²) in [6.07, 6.45) is -0.639. The first-order valence-electron chi connectivity index (χ1n) is 10.3. The second kappa shape index (κ2) is 8.05. The Morgan fingerprint density at radius 3 is 2.45 bits per heavy atom. The lowest BCUT2D eigenvalue weighted by Gasteiger charge is -2.61. The summed E-state index contributed by atoms with van der Waals surface area (Å²) in [5.41, 5.74) is 2.23. The third kappa shape index (κ3) is 4.10. The first-order chi connectivity index (χ1) is 15.5. The van der Waals surface area contributed by atoms with Crippen LogP contribution in [-0.2, 0) is 15.8 Å². The average Bonchev–Trinajstić information content (AvgIpc) is 3.25. The van der Waals surface area contributed by atoms with Gasteiger partial charge >= 0.3 is 12.2 Å². The van der Waals surface area contributed by atoms with Crippen molar-refractivity contribution in [1.82, 2.24) is 30.7 Å². The third-order valence-electron chi connectivity index (χ3n) is 5.94. The lowest BCUT2D eigenvalue weighted by molar-refractivity contribution is -0.157. The summed E-state index contributed by atoms with van der Waals surface area (Å²) in [6.45, 7) is 3.22. The average molecular weight is 465 g/mol. The van der Waals surface area contributed by atoms with Crippen LogP contribution in [0.25, 0.3) is 5.69 Å². The molecule has 4 rings (SSSR count). The van der Waals surface area contributed by atoms with Crippen LogP contribution >= 0.6 is 0 Å². The second-order valence-corrected chi connectivity index (χ2v) is 8.42. The number of rotatable bonds is 3. The highest BCUT2D eigenvalue weighted by Crippen LogP contribution is 2.50. The van der Waals surface area contributed by atoms with Gasteiger partial charge in [-0.15, -0.1) is 0 Å². The van der Waals surface area contributed by atoms with E-state index >= 15 is 0 Å². The van der Waals surface area contributed by atoms with E-state index in [1.807, 2.05) is 6.92 Å². The number of carbonyl (C=O) groups excluding carboxylic acids is 3. The van der Waals surface area contributed by atoms with Crippen LogP contribution in [-0.4, -0.2) is 49.3 Å². The van der Waals surface area contributed by atoms with Crippen molar-refractivity contribution in [2.45, 2.75) is 50.9 Å². The number of anilines is 1. The Morgan fingerprint density at radius 1 is 1.12 bits per heavy atom. The maximum absolute atomic E-state index is 13.4. The van der Waals surface area contributed by atoms with Crippen LogP contribution in [0.5, 0.6) is 0 Å². The molecule has 13 heteroatoms. The summed E-state index contributed by atoms with van der Waals surface area (Å²) >= 11 is 0. The molecule has 3 atom stereocenters. The molecule has 33 heavy (non-hydrogen) atoms. The molecule has 1 aliphatic heterocycles. The van der Waals surface area contributed by atoms with Gasteiger partial charge < -0.3 is 10.2 Å². The monoisotopic (exact) mass is 465 g/mol. The summed E-state index contributed by atoms with van der Waals surface area (Å²) in [7, 11) is 0. The normalized spacial score (nSPS) is 24.0. The van der Waals surface area contributed by atoms with Gasteiger partial charge in [0.25, 0.3) is 5.91 Å². The zero-order chi connectivity index (χ0) is 24.0. The molecule has 2 fully saturated rings. The fourth-order valence-corrected chi connectivity index (χ4v) is 4.77. The molecule has 2 heterocycles. The number of likely N-dealkylation sites (tertiary alicyclic amines) is 1. The Kier molecular flexibility index (Phi) is 5.50. The lowest BCUT2D eigenvalue weighted by atomic mass is 9.64. The van der Waals surface area contributed by atoms with Gasteiger partial charge in [0.15, 0.2) is 0 Å². The quantitative estimate of drug-likeness (QED) is 0.601. The van der Waals surface area contributed by atoms with Crippen LogP contribution in [0.4, 0.5) is 23.7 Å². The molecule has 2 bridgehead atoms. The van der Waals surface area contributed by atoms with Crippen molar-refractivity contribution >= 4 is 23.5 Å². The zero-order valence-electron chi connectivity index (χ0n) is 17.8. The van der Waals surface area contributed by atoms with Crippen molar-refractivity contribution in [1.29, 1.82) is 0 Å². The van der Waals surface area contributed by atoms with E-state index in [-0.39, 0.29) is 23.3 Å².